The van der Waals surface area contributed by atoms with Crippen LogP contribution in [-0.2, 0) is 26.7 Å². The third-order valence-corrected chi connectivity index (χ3v) is 5.06. The van der Waals surface area contributed by atoms with Crippen molar-refractivity contribution in [2.24, 2.45) is 7.05 Å². The number of aryl methyl sites for hydroxylation is 2. The zero-order valence-electron chi connectivity index (χ0n) is 15.9. The van der Waals surface area contributed by atoms with E-state index in [2.05, 4.69) is 15.8 Å². The molecular formula is C20H21N5O3. The lowest BCUT2D eigenvalue weighted by molar-refractivity contribution is 0.414. The minimum absolute atomic E-state index is 0.0600. The molecule has 28 heavy (non-hydrogen) atoms. The second-order valence-corrected chi connectivity index (χ2v) is 6.80. The number of rotatable bonds is 4. The molecule has 8 nitrogen and oxygen atoms in total. The molecule has 0 N–H and O–H groups in total. The first-order chi connectivity index (χ1) is 13.5. The number of benzene rings is 1. The quantitative estimate of drug-likeness (QED) is 0.631. The highest BCUT2D eigenvalue weighted by atomic mass is 16.5. The molecule has 0 atom stereocenters. The number of ether oxygens (including phenoxy) is 1. The SMILES string of the molecule is C#CCn1c(=O)c2c(nc3n2CCCN3Cc2cccc(OC)c2)n(C)c1=O. The minimum Gasteiger partial charge on any atom is -0.497 e. The van der Waals surface area contributed by atoms with Gasteiger partial charge in [-0.3, -0.25) is 9.36 Å². The third kappa shape index (κ3) is 2.76. The average Bonchev–Trinajstić information content (AvgIpc) is 3.11. The predicted octanol–water partition coefficient (Wildman–Crippen LogP) is 0.949. The topological polar surface area (TPSA) is 74.3 Å². The van der Waals surface area contributed by atoms with Crippen molar-refractivity contribution in [1.82, 2.24) is 18.7 Å². The largest absolute Gasteiger partial charge is 0.497 e. The van der Waals surface area contributed by atoms with Crippen LogP contribution in [0.4, 0.5) is 5.95 Å². The number of terminal acetylenes is 1. The highest BCUT2D eigenvalue weighted by molar-refractivity contribution is 5.75. The van der Waals surface area contributed by atoms with Crippen molar-refractivity contribution >= 4 is 17.1 Å². The van der Waals surface area contributed by atoms with Gasteiger partial charge in [0.05, 0.1) is 13.7 Å². The van der Waals surface area contributed by atoms with Gasteiger partial charge in [0.15, 0.2) is 11.2 Å². The highest BCUT2D eigenvalue weighted by Crippen LogP contribution is 2.26. The Morgan fingerprint density at radius 2 is 2.11 bits per heavy atom. The molecule has 0 amide bonds. The van der Waals surface area contributed by atoms with Crippen LogP contribution in [0.15, 0.2) is 33.9 Å². The number of hydrogen-bond donors (Lipinski definition) is 0. The first-order valence-corrected chi connectivity index (χ1v) is 9.06. The van der Waals surface area contributed by atoms with Crippen molar-refractivity contribution in [3.63, 3.8) is 0 Å². The van der Waals surface area contributed by atoms with Crippen LogP contribution in [0.2, 0.25) is 0 Å². The van der Waals surface area contributed by atoms with Gasteiger partial charge in [0, 0.05) is 26.7 Å². The van der Waals surface area contributed by atoms with Gasteiger partial charge in [0.25, 0.3) is 5.56 Å². The van der Waals surface area contributed by atoms with Crippen LogP contribution < -0.4 is 20.9 Å². The fourth-order valence-electron chi connectivity index (χ4n) is 3.70. The Bertz CT molecular complexity index is 1210. The third-order valence-electron chi connectivity index (χ3n) is 5.06. The molecule has 0 unspecified atom stereocenters. The Morgan fingerprint density at radius 1 is 1.29 bits per heavy atom. The summed E-state index contributed by atoms with van der Waals surface area (Å²) in [5.41, 5.74) is 1.04. The number of anilines is 1. The van der Waals surface area contributed by atoms with E-state index in [9.17, 15) is 9.59 Å². The van der Waals surface area contributed by atoms with Gasteiger partial charge < -0.3 is 14.2 Å². The lowest BCUT2D eigenvalue weighted by atomic mass is 10.2. The molecule has 1 aliphatic heterocycles. The lowest BCUT2D eigenvalue weighted by Gasteiger charge is -2.29. The van der Waals surface area contributed by atoms with Crippen molar-refractivity contribution in [2.75, 3.05) is 18.6 Å². The zero-order valence-corrected chi connectivity index (χ0v) is 15.9. The molecule has 0 spiro atoms. The van der Waals surface area contributed by atoms with Crippen molar-refractivity contribution in [3.8, 4) is 18.1 Å². The van der Waals surface area contributed by atoms with Gasteiger partial charge in [-0.2, -0.15) is 4.98 Å². The molecular weight excluding hydrogens is 358 g/mol. The summed E-state index contributed by atoms with van der Waals surface area (Å²) in [5.74, 6) is 3.86. The lowest BCUT2D eigenvalue weighted by Crippen LogP contribution is -2.39. The van der Waals surface area contributed by atoms with Gasteiger partial charge in [-0.05, 0) is 24.1 Å². The van der Waals surface area contributed by atoms with Crippen molar-refractivity contribution in [3.05, 3.63) is 50.7 Å². The van der Waals surface area contributed by atoms with E-state index in [1.807, 2.05) is 28.8 Å². The molecule has 3 aromatic rings. The first-order valence-electron chi connectivity index (χ1n) is 9.06. The maximum absolute atomic E-state index is 12.9. The molecule has 2 aromatic heterocycles. The molecule has 0 bridgehead atoms. The number of nitrogens with zero attached hydrogens (tertiary/aromatic N) is 5. The molecule has 8 heteroatoms. The van der Waals surface area contributed by atoms with E-state index < -0.39 is 11.2 Å². The van der Waals surface area contributed by atoms with Crippen LogP contribution in [0.3, 0.4) is 0 Å². The molecule has 0 saturated heterocycles. The maximum atomic E-state index is 12.9. The molecule has 0 aliphatic carbocycles. The summed E-state index contributed by atoms with van der Waals surface area (Å²) < 4.78 is 9.67. The van der Waals surface area contributed by atoms with E-state index in [1.165, 1.54) is 4.57 Å². The van der Waals surface area contributed by atoms with Gasteiger partial charge in [-0.15, -0.1) is 6.42 Å². The van der Waals surface area contributed by atoms with Crippen molar-refractivity contribution in [1.29, 1.82) is 0 Å². The first kappa shape index (κ1) is 17.9. The van der Waals surface area contributed by atoms with E-state index in [-0.39, 0.29) is 6.54 Å². The molecule has 1 aliphatic rings. The fraction of sp³-hybridized carbons (Fsp3) is 0.350. The van der Waals surface area contributed by atoms with E-state index in [1.54, 1.807) is 14.2 Å². The standard InChI is InChI=1S/C20H21N5O3/c1-4-9-25-18(26)16-17(22(2)20(25)27)21-19-23(10-6-11-24(16)19)13-14-7-5-8-15(12-14)28-3/h1,5,7-8,12H,6,9-11,13H2,2-3H3. The van der Waals surface area contributed by atoms with E-state index in [0.29, 0.717) is 30.2 Å². The monoisotopic (exact) mass is 379 g/mol. The number of imidazole rings is 1. The molecule has 0 radical (unpaired) electrons. The summed E-state index contributed by atoms with van der Waals surface area (Å²) in [5, 5.41) is 0. The smallest absolute Gasteiger partial charge is 0.333 e. The van der Waals surface area contributed by atoms with E-state index in [4.69, 9.17) is 11.2 Å². The van der Waals surface area contributed by atoms with Crippen LogP contribution in [0, 0.1) is 12.3 Å². The molecule has 4 rings (SSSR count). The molecule has 0 fully saturated rings. The normalized spacial score (nSPS) is 13.4. The zero-order chi connectivity index (χ0) is 19.8. The van der Waals surface area contributed by atoms with Gasteiger partial charge in [-0.1, -0.05) is 18.1 Å². The highest BCUT2D eigenvalue weighted by Gasteiger charge is 2.26. The second-order valence-electron chi connectivity index (χ2n) is 6.80. The summed E-state index contributed by atoms with van der Waals surface area (Å²) in [7, 11) is 3.25. The Kier molecular flexibility index (Phi) is 4.43. The second kappa shape index (κ2) is 6.93. The number of fused-ring (bicyclic) bond motifs is 3. The van der Waals surface area contributed by atoms with Gasteiger partial charge in [0.1, 0.15) is 5.75 Å². The number of methoxy groups -OCH3 is 1. The Morgan fingerprint density at radius 3 is 2.86 bits per heavy atom. The van der Waals surface area contributed by atoms with Crippen molar-refractivity contribution in [2.45, 2.75) is 26.1 Å². The maximum Gasteiger partial charge on any atom is 0.333 e. The van der Waals surface area contributed by atoms with Crippen LogP contribution in [0.1, 0.15) is 12.0 Å². The summed E-state index contributed by atoms with van der Waals surface area (Å²) in [6.07, 6.45) is 6.21. The number of aromatic nitrogens is 4. The summed E-state index contributed by atoms with van der Waals surface area (Å²) in [4.78, 5) is 32.2. The minimum atomic E-state index is -0.453. The van der Waals surface area contributed by atoms with Crippen LogP contribution >= 0.6 is 0 Å². The molecule has 0 saturated carbocycles. The van der Waals surface area contributed by atoms with E-state index in [0.717, 1.165) is 28.8 Å². The number of hydrogen-bond acceptors (Lipinski definition) is 5. The van der Waals surface area contributed by atoms with Crippen LogP contribution in [-0.4, -0.2) is 32.3 Å². The van der Waals surface area contributed by atoms with Gasteiger partial charge in [0.2, 0.25) is 5.95 Å². The molecule has 1 aromatic carbocycles. The summed E-state index contributed by atoms with van der Waals surface area (Å²) in [6, 6.07) is 7.86. The Balaban J connectivity index is 1.85. The van der Waals surface area contributed by atoms with Crippen molar-refractivity contribution < 1.29 is 4.74 Å². The van der Waals surface area contributed by atoms with Gasteiger partial charge in [-0.25, -0.2) is 9.36 Å². The summed E-state index contributed by atoms with van der Waals surface area (Å²) in [6.45, 7) is 2.06. The van der Waals surface area contributed by atoms with Crippen LogP contribution in [0.5, 0.6) is 5.75 Å². The average molecular weight is 379 g/mol. The predicted molar refractivity (Wildman–Crippen MR) is 107 cm³/mol. The van der Waals surface area contributed by atoms with Gasteiger partial charge >= 0.3 is 5.69 Å². The Hall–Kier alpha value is -3.47. The molecule has 3 heterocycles. The van der Waals surface area contributed by atoms with E-state index >= 15 is 0 Å². The summed E-state index contributed by atoms with van der Waals surface area (Å²) >= 11 is 0. The Labute approximate surface area is 161 Å². The van der Waals surface area contributed by atoms with Crippen LogP contribution in [0.25, 0.3) is 11.2 Å². The molecule has 144 valence electrons. The fourth-order valence-corrected chi connectivity index (χ4v) is 3.70.